The fourth-order valence-electron chi connectivity index (χ4n) is 2.31. The number of hydrogen-bond donors (Lipinski definition) is 4. The van der Waals surface area contributed by atoms with E-state index in [1.54, 1.807) is 19.2 Å². The van der Waals surface area contributed by atoms with Gasteiger partial charge in [-0.05, 0) is 17.7 Å². The zero-order valence-electron chi connectivity index (χ0n) is 14.2. The largest absolute Gasteiger partial charge is 0.459 e. The van der Waals surface area contributed by atoms with Crippen molar-refractivity contribution in [2.75, 3.05) is 33.3 Å². The van der Waals surface area contributed by atoms with E-state index >= 15 is 0 Å². The summed E-state index contributed by atoms with van der Waals surface area (Å²) in [5, 5.41) is 18.6. The van der Waals surface area contributed by atoms with Crippen molar-refractivity contribution < 1.29 is 14.3 Å². The highest BCUT2D eigenvalue weighted by molar-refractivity contribution is 5.91. The Labute approximate surface area is 147 Å². The van der Waals surface area contributed by atoms with Crippen LogP contribution in [-0.4, -0.2) is 50.3 Å². The SMILES string of the molecule is CN=C(NCCNC(=O)c1ccco1)NCC(CO)c1ccccc1. The molecule has 7 nitrogen and oxygen atoms in total. The summed E-state index contributed by atoms with van der Waals surface area (Å²) >= 11 is 0. The van der Waals surface area contributed by atoms with E-state index in [1.165, 1.54) is 6.26 Å². The number of aliphatic hydroxyl groups is 1. The summed E-state index contributed by atoms with van der Waals surface area (Å²) in [7, 11) is 1.67. The maximum Gasteiger partial charge on any atom is 0.287 e. The van der Waals surface area contributed by atoms with Crippen LogP contribution in [0.15, 0.2) is 58.1 Å². The molecule has 2 aromatic rings. The first kappa shape index (κ1) is 18.5. The second kappa shape index (κ2) is 10.1. The van der Waals surface area contributed by atoms with E-state index in [4.69, 9.17) is 4.42 Å². The Morgan fingerprint density at radius 3 is 2.52 bits per heavy atom. The van der Waals surface area contributed by atoms with Crippen molar-refractivity contribution in [2.45, 2.75) is 5.92 Å². The van der Waals surface area contributed by atoms with E-state index in [9.17, 15) is 9.90 Å². The lowest BCUT2D eigenvalue weighted by Crippen LogP contribution is -2.43. The molecule has 134 valence electrons. The number of carbonyl (C=O) groups excluding carboxylic acids is 1. The minimum Gasteiger partial charge on any atom is -0.459 e. The lowest BCUT2D eigenvalue weighted by atomic mass is 10.0. The molecule has 1 heterocycles. The Balaban J connectivity index is 1.70. The number of carbonyl (C=O) groups is 1. The summed E-state index contributed by atoms with van der Waals surface area (Å²) in [5.41, 5.74) is 1.07. The Bertz CT molecular complexity index is 656. The molecule has 4 N–H and O–H groups in total. The standard InChI is InChI=1S/C18H24N4O3/c1-19-18(21-10-9-20-17(24)16-8-5-11-25-16)22-12-15(13-23)14-6-3-2-4-7-14/h2-8,11,15,23H,9-10,12-13H2,1H3,(H,20,24)(H2,19,21,22). The molecule has 1 unspecified atom stereocenters. The molecule has 0 spiro atoms. The molecule has 2 rings (SSSR count). The van der Waals surface area contributed by atoms with Crippen LogP contribution >= 0.6 is 0 Å². The average Bonchev–Trinajstić information content (AvgIpc) is 3.19. The van der Waals surface area contributed by atoms with Crippen LogP contribution in [0.25, 0.3) is 0 Å². The fraction of sp³-hybridized carbons (Fsp3) is 0.333. The van der Waals surface area contributed by atoms with Crippen LogP contribution in [0.5, 0.6) is 0 Å². The number of rotatable bonds is 8. The topological polar surface area (TPSA) is 98.9 Å². The summed E-state index contributed by atoms with van der Waals surface area (Å²) in [6.07, 6.45) is 1.46. The number of aliphatic imine (C=N–C) groups is 1. The van der Waals surface area contributed by atoms with Gasteiger partial charge >= 0.3 is 0 Å². The van der Waals surface area contributed by atoms with Crippen LogP contribution in [0.1, 0.15) is 22.0 Å². The van der Waals surface area contributed by atoms with Crippen molar-refractivity contribution in [3.8, 4) is 0 Å². The van der Waals surface area contributed by atoms with Crippen LogP contribution in [0.3, 0.4) is 0 Å². The van der Waals surface area contributed by atoms with E-state index in [-0.39, 0.29) is 24.2 Å². The molecule has 0 aliphatic heterocycles. The van der Waals surface area contributed by atoms with E-state index in [0.717, 1.165) is 5.56 Å². The molecule has 0 radical (unpaired) electrons. The Morgan fingerprint density at radius 1 is 1.12 bits per heavy atom. The first-order chi connectivity index (χ1) is 12.2. The number of furan rings is 1. The third kappa shape index (κ3) is 5.96. The maximum absolute atomic E-state index is 11.7. The number of nitrogens with zero attached hydrogens (tertiary/aromatic N) is 1. The number of guanidine groups is 1. The number of nitrogens with one attached hydrogen (secondary N) is 3. The van der Waals surface area contributed by atoms with Gasteiger partial charge in [-0.1, -0.05) is 30.3 Å². The Hall–Kier alpha value is -2.80. The highest BCUT2D eigenvalue weighted by Crippen LogP contribution is 2.13. The molecule has 0 fully saturated rings. The highest BCUT2D eigenvalue weighted by Gasteiger charge is 2.11. The van der Waals surface area contributed by atoms with Crippen LogP contribution in [0.2, 0.25) is 0 Å². The first-order valence-electron chi connectivity index (χ1n) is 8.16. The molecule has 1 aromatic carbocycles. The normalized spacial score (nSPS) is 12.5. The van der Waals surface area contributed by atoms with Gasteiger partial charge in [0.05, 0.1) is 12.9 Å². The van der Waals surface area contributed by atoms with Gasteiger partial charge in [0, 0.05) is 32.6 Å². The van der Waals surface area contributed by atoms with E-state index in [2.05, 4.69) is 20.9 Å². The molecule has 0 bridgehead atoms. The van der Waals surface area contributed by atoms with Crippen molar-refractivity contribution in [3.05, 3.63) is 60.1 Å². The first-order valence-corrected chi connectivity index (χ1v) is 8.16. The van der Waals surface area contributed by atoms with Crippen LogP contribution in [0, 0.1) is 0 Å². The summed E-state index contributed by atoms with van der Waals surface area (Å²) in [4.78, 5) is 15.9. The zero-order valence-corrected chi connectivity index (χ0v) is 14.2. The molecule has 7 heteroatoms. The third-order valence-electron chi connectivity index (χ3n) is 3.68. The minimum absolute atomic E-state index is 0.0154. The quantitative estimate of drug-likeness (QED) is 0.325. The van der Waals surface area contributed by atoms with E-state index < -0.39 is 0 Å². The highest BCUT2D eigenvalue weighted by atomic mass is 16.3. The second-order valence-electron chi connectivity index (χ2n) is 5.40. The molecular formula is C18H24N4O3. The van der Waals surface area contributed by atoms with E-state index in [1.807, 2.05) is 30.3 Å². The number of hydrogen-bond acceptors (Lipinski definition) is 4. The van der Waals surface area contributed by atoms with Gasteiger partial charge < -0.3 is 25.5 Å². The van der Waals surface area contributed by atoms with Gasteiger partial charge in [-0.25, -0.2) is 0 Å². The molecular weight excluding hydrogens is 320 g/mol. The van der Waals surface area contributed by atoms with Crippen LogP contribution in [0.4, 0.5) is 0 Å². The van der Waals surface area contributed by atoms with Crippen LogP contribution < -0.4 is 16.0 Å². The lowest BCUT2D eigenvalue weighted by Gasteiger charge is -2.18. The molecule has 25 heavy (non-hydrogen) atoms. The minimum atomic E-state index is -0.251. The third-order valence-corrected chi connectivity index (χ3v) is 3.68. The van der Waals surface area contributed by atoms with Crippen molar-refractivity contribution in [2.24, 2.45) is 4.99 Å². The van der Waals surface area contributed by atoms with E-state index in [0.29, 0.717) is 25.6 Å². The molecule has 0 saturated carbocycles. The zero-order chi connectivity index (χ0) is 17.9. The summed E-state index contributed by atoms with van der Waals surface area (Å²) in [6, 6.07) is 13.1. The monoisotopic (exact) mass is 344 g/mol. The molecule has 0 saturated heterocycles. The predicted molar refractivity (Wildman–Crippen MR) is 96.7 cm³/mol. The van der Waals surface area contributed by atoms with Crippen molar-refractivity contribution in [3.63, 3.8) is 0 Å². The van der Waals surface area contributed by atoms with Gasteiger partial charge in [-0.2, -0.15) is 0 Å². The van der Waals surface area contributed by atoms with Crippen molar-refractivity contribution in [1.29, 1.82) is 0 Å². The van der Waals surface area contributed by atoms with Gasteiger partial charge in [0.2, 0.25) is 0 Å². The van der Waals surface area contributed by atoms with Crippen molar-refractivity contribution >= 4 is 11.9 Å². The maximum atomic E-state index is 11.7. The van der Waals surface area contributed by atoms with Crippen LogP contribution in [-0.2, 0) is 0 Å². The Kier molecular flexibility index (Phi) is 7.52. The van der Waals surface area contributed by atoms with Gasteiger partial charge in [0.25, 0.3) is 5.91 Å². The average molecular weight is 344 g/mol. The fourth-order valence-corrected chi connectivity index (χ4v) is 2.31. The summed E-state index contributed by atoms with van der Waals surface area (Å²) in [6.45, 7) is 1.55. The van der Waals surface area contributed by atoms with Crippen molar-refractivity contribution in [1.82, 2.24) is 16.0 Å². The molecule has 1 amide bonds. The summed E-state index contributed by atoms with van der Waals surface area (Å²) in [5.74, 6) is 0.635. The number of amides is 1. The summed E-state index contributed by atoms with van der Waals surface area (Å²) < 4.78 is 5.02. The molecule has 1 atom stereocenters. The van der Waals surface area contributed by atoms with Gasteiger partial charge in [-0.3, -0.25) is 9.79 Å². The van der Waals surface area contributed by atoms with Gasteiger partial charge in [0.1, 0.15) is 0 Å². The molecule has 1 aromatic heterocycles. The number of benzene rings is 1. The smallest absolute Gasteiger partial charge is 0.287 e. The number of aliphatic hydroxyl groups excluding tert-OH is 1. The molecule has 0 aliphatic carbocycles. The second-order valence-corrected chi connectivity index (χ2v) is 5.40. The predicted octanol–water partition coefficient (Wildman–Crippen LogP) is 0.950. The van der Waals surface area contributed by atoms with Gasteiger partial charge in [0.15, 0.2) is 11.7 Å². The Morgan fingerprint density at radius 2 is 1.88 bits per heavy atom. The molecule has 0 aliphatic rings. The van der Waals surface area contributed by atoms with Gasteiger partial charge in [-0.15, -0.1) is 0 Å². The lowest BCUT2D eigenvalue weighted by molar-refractivity contribution is 0.0926.